The highest BCUT2D eigenvalue weighted by Gasteiger charge is 2.06. The Bertz CT molecular complexity index is 607. The minimum atomic E-state index is -0.0181. The van der Waals surface area contributed by atoms with E-state index in [0.29, 0.717) is 11.5 Å². The monoisotopic (exact) mass is 434 g/mol. The first kappa shape index (κ1) is 26.4. The van der Waals surface area contributed by atoms with Crippen LogP contribution in [0.3, 0.4) is 0 Å². The van der Waals surface area contributed by atoms with Crippen LogP contribution in [0.15, 0.2) is 24.3 Å². The molecule has 0 aliphatic heterocycles. The third-order valence-corrected chi connectivity index (χ3v) is 5.47. The molecule has 0 saturated carbocycles. The third-order valence-electron chi connectivity index (χ3n) is 5.26. The van der Waals surface area contributed by atoms with Crippen molar-refractivity contribution >= 4 is 28.9 Å². The number of carbonyl (C=O) groups excluding carboxylic acids is 1. The van der Waals surface area contributed by atoms with Crippen molar-refractivity contribution in [2.24, 2.45) is 0 Å². The number of anilines is 1. The molecule has 5 heteroatoms. The molecule has 1 atom stereocenters. The molecule has 0 bridgehead atoms. The Morgan fingerprint density at radius 3 is 2.17 bits per heavy atom. The van der Waals surface area contributed by atoms with Crippen LogP contribution in [0.4, 0.5) is 5.69 Å². The predicted molar refractivity (Wildman–Crippen MR) is 132 cm³/mol. The van der Waals surface area contributed by atoms with Crippen molar-refractivity contribution in [1.29, 1.82) is 0 Å². The van der Waals surface area contributed by atoms with Crippen LogP contribution in [0.25, 0.3) is 0 Å². The number of hydrogen-bond acceptors (Lipinski definition) is 3. The van der Waals surface area contributed by atoms with Gasteiger partial charge in [-0.2, -0.15) is 0 Å². The molecule has 1 aromatic carbocycles. The van der Waals surface area contributed by atoms with Gasteiger partial charge in [0.2, 0.25) is 5.91 Å². The lowest BCUT2D eigenvalue weighted by Crippen LogP contribution is -2.33. The Balaban J connectivity index is 2.10. The molecular weight excluding hydrogens is 392 g/mol. The Hall–Kier alpha value is -1.62. The van der Waals surface area contributed by atoms with Gasteiger partial charge in [-0.15, -0.1) is 0 Å². The maximum atomic E-state index is 12.1. The maximum absolute atomic E-state index is 12.1. The lowest BCUT2D eigenvalue weighted by atomic mass is 10.1. The van der Waals surface area contributed by atoms with Crippen molar-refractivity contribution in [2.45, 2.75) is 110 Å². The second-order valence-corrected chi connectivity index (χ2v) is 8.56. The molecule has 1 aromatic rings. The SMILES string of the molecule is CCCCCCCCCCCCCC(=O)NC(=S)Nc1cccc(OC(C)CC)c1. The number of unbranched alkanes of at least 4 members (excludes halogenated alkanes) is 10. The van der Waals surface area contributed by atoms with E-state index < -0.39 is 0 Å². The Labute approximate surface area is 189 Å². The standard InChI is InChI=1S/C25H42N2O2S/c1-4-6-7-8-9-10-11-12-13-14-15-19-24(28)27-25(30)26-22-17-16-18-23(20-22)29-21(3)5-2/h16-18,20-21H,4-15,19H2,1-3H3,(H2,26,27,28,30). The number of nitrogens with one attached hydrogen (secondary N) is 2. The number of hydrogen-bond donors (Lipinski definition) is 2. The van der Waals surface area contributed by atoms with E-state index in [9.17, 15) is 4.79 Å². The molecule has 1 amide bonds. The summed E-state index contributed by atoms with van der Waals surface area (Å²) in [7, 11) is 0. The van der Waals surface area contributed by atoms with E-state index in [2.05, 4.69) is 24.5 Å². The van der Waals surface area contributed by atoms with Gasteiger partial charge >= 0.3 is 0 Å². The fourth-order valence-electron chi connectivity index (χ4n) is 3.26. The largest absolute Gasteiger partial charge is 0.491 e. The van der Waals surface area contributed by atoms with Gasteiger partial charge in [0.15, 0.2) is 5.11 Å². The summed E-state index contributed by atoms with van der Waals surface area (Å²) in [5.74, 6) is 0.778. The van der Waals surface area contributed by atoms with Gasteiger partial charge in [0, 0.05) is 18.2 Å². The summed E-state index contributed by atoms with van der Waals surface area (Å²) in [5.41, 5.74) is 0.816. The van der Waals surface area contributed by atoms with Crippen molar-refractivity contribution in [3.05, 3.63) is 24.3 Å². The average Bonchev–Trinajstić information content (AvgIpc) is 2.72. The maximum Gasteiger partial charge on any atom is 0.226 e. The fraction of sp³-hybridized carbons (Fsp3) is 0.680. The number of ether oxygens (including phenoxy) is 1. The molecular formula is C25H42N2O2S. The normalized spacial score (nSPS) is 11.7. The van der Waals surface area contributed by atoms with E-state index >= 15 is 0 Å². The molecule has 4 nitrogen and oxygen atoms in total. The van der Waals surface area contributed by atoms with Crippen LogP contribution in [-0.4, -0.2) is 17.1 Å². The smallest absolute Gasteiger partial charge is 0.226 e. The average molecular weight is 435 g/mol. The molecule has 0 aliphatic rings. The zero-order valence-electron chi connectivity index (χ0n) is 19.3. The molecule has 30 heavy (non-hydrogen) atoms. The van der Waals surface area contributed by atoms with Gasteiger partial charge in [0.25, 0.3) is 0 Å². The Morgan fingerprint density at radius 1 is 0.967 bits per heavy atom. The summed E-state index contributed by atoms with van der Waals surface area (Å²) < 4.78 is 5.82. The van der Waals surface area contributed by atoms with Gasteiger partial charge in [0.1, 0.15) is 5.75 Å². The highest BCUT2D eigenvalue weighted by Crippen LogP contribution is 2.19. The van der Waals surface area contributed by atoms with E-state index in [4.69, 9.17) is 17.0 Å². The van der Waals surface area contributed by atoms with Crippen LogP contribution < -0.4 is 15.4 Å². The van der Waals surface area contributed by atoms with Gasteiger partial charge in [-0.3, -0.25) is 4.79 Å². The molecule has 0 heterocycles. The highest BCUT2D eigenvalue weighted by molar-refractivity contribution is 7.80. The quantitative estimate of drug-likeness (QED) is 0.210. The van der Waals surface area contributed by atoms with Crippen LogP contribution in [-0.2, 0) is 4.79 Å². The topological polar surface area (TPSA) is 50.4 Å². The van der Waals surface area contributed by atoms with Crippen LogP contribution >= 0.6 is 12.2 Å². The number of benzene rings is 1. The minimum Gasteiger partial charge on any atom is -0.491 e. The summed E-state index contributed by atoms with van der Waals surface area (Å²) >= 11 is 5.27. The summed E-state index contributed by atoms with van der Waals surface area (Å²) in [4.78, 5) is 12.1. The van der Waals surface area contributed by atoms with E-state index in [1.807, 2.05) is 31.2 Å². The van der Waals surface area contributed by atoms with Crippen molar-refractivity contribution in [2.75, 3.05) is 5.32 Å². The molecule has 0 spiro atoms. The number of rotatable bonds is 16. The van der Waals surface area contributed by atoms with Gasteiger partial charge in [-0.1, -0.05) is 84.1 Å². The second kappa shape index (κ2) is 17.1. The zero-order valence-corrected chi connectivity index (χ0v) is 20.1. The molecule has 2 N–H and O–H groups in total. The Morgan fingerprint density at radius 2 is 1.57 bits per heavy atom. The number of amides is 1. The van der Waals surface area contributed by atoms with Gasteiger partial charge < -0.3 is 15.4 Å². The van der Waals surface area contributed by atoms with Gasteiger partial charge in [-0.05, 0) is 44.1 Å². The van der Waals surface area contributed by atoms with Gasteiger partial charge in [0.05, 0.1) is 6.10 Å². The number of thiocarbonyl (C=S) groups is 1. The fourth-order valence-corrected chi connectivity index (χ4v) is 3.50. The molecule has 0 aromatic heterocycles. The second-order valence-electron chi connectivity index (χ2n) is 8.15. The van der Waals surface area contributed by atoms with Crippen molar-refractivity contribution in [3.8, 4) is 5.75 Å². The van der Waals surface area contributed by atoms with E-state index in [1.165, 1.54) is 57.8 Å². The molecule has 170 valence electrons. The van der Waals surface area contributed by atoms with Crippen molar-refractivity contribution in [1.82, 2.24) is 5.32 Å². The van der Waals surface area contributed by atoms with Crippen LogP contribution in [0.5, 0.6) is 5.75 Å². The summed E-state index contributed by atoms with van der Waals surface area (Å²) in [5, 5.41) is 6.18. The van der Waals surface area contributed by atoms with Crippen LogP contribution in [0.1, 0.15) is 104 Å². The van der Waals surface area contributed by atoms with Crippen LogP contribution in [0, 0.1) is 0 Å². The van der Waals surface area contributed by atoms with E-state index in [0.717, 1.165) is 30.7 Å². The van der Waals surface area contributed by atoms with Gasteiger partial charge in [-0.25, -0.2) is 0 Å². The summed E-state index contributed by atoms with van der Waals surface area (Å²) in [6, 6.07) is 7.64. The summed E-state index contributed by atoms with van der Waals surface area (Å²) in [6.07, 6.45) is 15.7. The van der Waals surface area contributed by atoms with E-state index in [1.54, 1.807) is 0 Å². The van der Waals surface area contributed by atoms with Crippen molar-refractivity contribution < 1.29 is 9.53 Å². The molecule has 0 radical (unpaired) electrons. The molecule has 0 saturated heterocycles. The van der Waals surface area contributed by atoms with Crippen LogP contribution in [0.2, 0.25) is 0 Å². The first-order valence-corrected chi connectivity index (χ1v) is 12.3. The molecule has 0 fully saturated rings. The third kappa shape index (κ3) is 13.6. The highest BCUT2D eigenvalue weighted by atomic mass is 32.1. The lowest BCUT2D eigenvalue weighted by molar-refractivity contribution is -0.119. The lowest BCUT2D eigenvalue weighted by Gasteiger charge is -2.14. The van der Waals surface area contributed by atoms with E-state index in [-0.39, 0.29) is 12.0 Å². The first-order chi connectivity index (χ1) is 14.5. The first-order valence-electron chi connectivity index (χ1n) is 11.9. The molecule has 0 aliphatic carbocycles. The summed E-state index contributed by atoms with van der Waals surface area (Å²) in [6.45, 7) is 6.39. The predicted octanol–water partition coefficient (Wildman–Crippen LogP) is 7.38. The van der Waals surface area contributed by atoms with Crippen molar-refractivity contribution in [3.63, 3.8) is 0 Å². The zero-order chi connectivity index (χ0) is 22.0. The Kier molecular flexibility index (Phi) is 15.1. The minimum absolute atomic E-state index is 0.0181. The molecule has 1 unspecified atom stereocenters. The number of carbonyl (C=O) groups is 1. The molecule has 1 rings (SSSR count).